The second-order valence-corrected chi connectivity index (χ2v) is 5.49. The first-order valence-electron chi connectivity index (χ1n) is 7.64. The molecule has 0 fully saturated rings. The fourth-order valence-corrected chi connectivity index (χ4v) is 2.79. The standard InChI is InChI=1S/C19H21NO2/c21-15-18-19(22-17-10-5-2-6-11-17)12-7-13-20(18)14-16-8-3-1-4-9-16/h1-12,18-19,21H,13-15H2/t18-,19+/m0/s1. The molecule has 1 N–H and O–H groups in total. The van der Waals surface area contributed by atoms with Crippen LogP contribution in [0.4, 0.5) is 0 Å². The Kier molecular flexibility index (Phi) is 4.88. The third-order valence-corrected chi connectivity index (χ3v) is 3.94. The highest BCUT2D eigenvalue weighted by Gasteiger charge is 2.29. The molecule has 2 aromatic rings. The summed E-state index contributed by atoms with van der Waals surface area (Å²) in [5, 5.41) is 9.83. The molecule has 0 bridgehead atoms. The average molecular weight is 295 g/mol. The maximum absolute atomic E-state index is 9.83. The Bertz CT molecular complexity index is 597. The number of ether oxygens (including phenoxy) is 1. The Morgan fingerprint density at radius 2 is 1.68 bits per heavy atom. The minimum absolute atomic E-state index is 0.0367. The molecule has 3 rings (SSSR count). The highest BCUT2D eigenvalue weighted by Crippen LogP contribution is 2.21. The van der Waals surface area contributed by atoms with E-state index >= 15 is 0 Å². The third kappa shape index (κ3) is 3.56. The van der Waals surface area contributed by atoms with Gasteiger partial charge in [-0.1, -0.05) is 54.6 Å². The molecule has 0 spiro atoms. The fraction of sp³-hybridized carbons (Fsp3) is 0.263. The predicted octanol–water partition coefficient (Wildman–Crippen LogP) is 2.87. The van der Waals surface area contributed by atoms with Gasteiger partial charge in [0.15, 0.2) is 0 Å². The zero-order chi connectivity index (χ0) is 15.2. The van der Waals surface area contributed by atoms with Crippen LogP contribution in [0, 0.1) is 0 Å². The SMILES string of the molecule is OC[C@H]1[C@H](Oc2ccccc2)C=CCN1Cc1ccccc1. The average Bonchev–Trinajstić information content (AvgIpc) is 2.57. The van der Waals surface area contributed by atoms with Crippen molar-refractivity contribution < 1.29 is 9.84 Å². The molecule has 1 aliphatic heterocycles. The summed E-state index contributed by atoms with van der Waals surface area (Å²) in [4.78, 5) is 2.25. The van der Waals surface area contributed by atoms with Gasteiger partial charge in [0.2, 0.25) is 0 Å². The monoisotopic (exact) mass is 295 g/mol. The van der Waals surface area contributed by atoms with Crippen LogP contribution in [0.3, 0.4) is 0 Å². The predicted molar refractivity (Wildman–Crippen MR) is 87.7 cm³/mol. The van der Waals surface area contributed by atoms with Gasteiger partial charge in [0.1, 0.15) is 11.9 Å². The molecule has 22 heavy (non-hydrogen) atoms. The second-order valence-electron chi connectivity index (χ2n) is 5.49. The van der Waals surface area contributed by atoms with E-state index in [0.717, 1.165) is 18.8 Å². The van der Waals surface area contributed by atoms with Crippen molar-refractivity contribution in [2.45, 2.75) is 18.7 Å². The zero-order valence-corrected chi connectivity index (χ0v) is 12.5. The Morgan fingerprint density at radius 3 is 2.36 bits per heavy atom. The number of aliphatic hydroxyl groups is 1. The Balaban J connectivity index is 1.72. The molecule has 0 aliphatic carbocycles. The van der Waals surface area contributed by atoms with Crippen LogP contribution >= 0.6 is 0 Å². The van der Waals surface area contributed by atoms with Gasteiger partial charge in [-0.15, -0.1) is 0 Å². The number of nitrogens with zero attached hydrogens (tertiary/aromatic N) is 1. The Hall–Kier alpha value is -2.10. The Morgan fingerprint density at radius 1 is 1.00 bits per heavy atom. The van der Waals surface area contributed by atoms with Crippen LogP contribution in [0.15, 0.2) is 72.8 Å². The molecule has 0 aromatic heterocycles. The summed E-state index contributed by atoms with van der Waals surface area (Å²) >= 11 is 0. The molecule has 2 atom stereocenters. The maximum Gasteiger partial charge on any atom is 0.135 e. The van der Waals surface area contributed by atoms with E-state index in [0.29, 0.717) is 0 Å². The zero-order valence-electron chi connectivity index (χ0n) is 12.5. The molecule has 2 aromatic carbocycles. The molecule has 3 heteroatoms. The van der Waals surface area contributed by atoms with E-state index in [1.165, 1.54) is 5.56 Å². The molecule has 0 radical (unpaired) electrons. The largest absolute Gasteiger partial charge is 0.485 e. The van der Waals surface area contributed by atoms with Crippen LogP contribution in [0.1, 0.15) is 5.56 Å². The van der Waals surface area contributed by atoms with Crippen molar-refractivity contribution >= 4 is 0 Å². The van der Waals surface area contributed by atoms with Crippen LogP contribution in [-0.4, -0.2) is 35.3 Å². The summed E-state index contributed by atoms with van der Waals surface area (Å²) in [7, 11) is 0. The quantitative estimate of drug-likeness (QED) is 0.861. The van der Waals surface area contributed by atoms with E-state index in [1.54, 1.807) is 0 Å². The minimum atomic E-state index is -0.134. The number of hydrogen-bond acceptors (Lipinski definition) is 3. The summed E-state index contributed by atoms with van der Waals surface area (Å²) in [5.74, 6) is 0.831. The van der Waals surface area contributed by atoms with E-state index in [4.69, 9.17) is 4.74 Å². The van der Waals surface area contributed by atoms with Crippen LogP contribution in [-0.2, 0) is 6.54 Å². The van der Waals surface area contributed by atoms with E-state index in [2.05, 4.69) is 29.2 Å². The van der Waals surface area contributed by atoms with Gasteiger partial charge in [-0.2, -0.15) is 0 Å². The van der Waals surface area contributed by atoms with Crippen molar-refractivity contribution in [2.24, 2.45) is 0 Å². The summed E-state index contributed by atoms with van der Waals surface area (Å²) in [6, 6.07) is 20.1. The van der Waals surface area contributed by atoms with Crippen molar-refractivity contribution in [1.82, 2.24) is 4.90 Å². The van der Waals surface area contributed by atoms with Gasteiger partial charge >= 0.3 is 0 Å². The first-order valence-corrected chi connectivity index (χ1v) is 7.64. The lowest BCUT2D eigenvalue weighted by atomic mass is 10.0. The van der Waals surface area contributed by atoms with Crippen LogP contribution in [0.25, 0.3) is 0 Å². The van der Waals surface area contributed by atoms with Crippen molar-refractivity contribution in [3.63, 3.8) is 0 Å². The van der Waals surface area contributed by atoms with Gasteiger partial charge in [-0.25, -0.2) is 0 Å². The first-order chi connectivity index (χ1) is 10.9. The fourth-order valence-electron chi connectivity index (χ4n) is 2.79. The maximum atomic E-state index is 9.83. The highest BCUT2D eigenvalue weighted by molar-refractivity contribution is 5.23. The third-order valence-electron chi connectivity index (χ3n) is 3.94. The smallest absolute Gasteiger partial charge is 0.135 e. The second kappa shape index (κ2) is 7.25. The summed E-state index contributed by atoms with van der Waals surface area (Å²) in [5.41, 5.74) is 1.25. The molecule has 0 saturated heterocycles. The van der Waals surface area contributed by atoms with Gasteiger partial charge in [0, 0.05) is 13.1 Å². The summed E-state index contributed by atoms with van der Waals surface area (Å²) in [6.07, 6.45) is 4.03. The van der Waals surface area contributed by atoms with E-state index in [-0.39, 0.29) is 18.8 Å². The van der Waals surface area contributed by atoms with Crippen molar-refractivity contribution in [3.05, 3.63) is 78.4 Å². The van der Waals surface area contributed by atoms with Crippen LogP contribution < -0.4 is 4.74 Å². The molecule has 3 nitrogen and oxygen atoms in total. The van der Waals surface area contributed by atoms with Gasteiger partial charge in [0.25, 0.3) is 0 Å². The van der Waals surface area contributed by atoms with Gasteiger partial charge < -0.3 is 9.84 Å². The molecule has 1 aliphatic rings. The van der Waals surface area contributed by atoms with Crippen LogP contribution in [0.5, 0.6) is 5.75 Å². The highest BCUT2D eigenvalue weighted by atomic mass is 16.5. The lowest BCUT2D eigenvalue weighted by Gasteiger charge is -2.37. The first kappa shape index (κ1) is 14.8. The number of benzene rings is 2. The van der Waals surface area contributed by atoms with Crippen molar-refractivity contribution in [3.8, 4) is 5.75 Å². The van der Waals surface area contributed by atoms with Gasteiger partial charge in [-0.3, -0.25) is 4.90 Å². The Labute approximate surface area is 131 Å². The summed E-state index contributed by atoms with van der Waals surface area (Å²) in [6.45, 7) is 1.72. The molecule has 0 unspecified atom stereocenters. The van der Waals surface area contributed by atoms with E-state index in [1.807, 2.05) is 48.5 Å². The topological polar surface area (TPSA) is 32.7 Å². The molecule has 1 heterocycles. The molecular weight excluding hydrogens is 274 g/mol. The summed E-state index contributed by atoms with van der Waals surface area (Å²) < 4.78 is 6.04. The molecule has 114 valence electrons. The van der Waals surface area contributed by atoms with E-state index < -0.39 is 0 Å². The van der Waals surface area contributed by atoms with Crippen molar-refractivity contribution in [1.29, 1.82) is 0 Å². The molecule has 0 amide bonds. The molecular formula is C19H21NO2. The van der Waals surface area contributed by atoms with Gasteiger partial charge in [-0.05, 0) is 23.8 Å². The minimum Gasteiger partial charge on any atom is -0.485 e. The normalized spacial score (nSPS) is 21.7. The lowest BCUT2D eigenvalue weighted by molar-refractivity contribution is 0.0451. The lowest BCUT2D eigenvalue weighted by Crippen LogP contribution is -2.49. The van der Waals surface area contributed by atoms with E-state index in [9.17, 15) is 5.11 Å². The van der Waals surface area contributed by atoms with Crippen LogP contribution in [0.2, 0.25) is 0 Å². The number of aliphatic hydroxyl groups excluding tert-OH is 1. The number of hydrogen-bond donors (Lipinski definition) is 1. The van der Waals surface area contributed by atoms with Crippen molar-refractivity contribution in [2.75, 3.05) is 13.2 Å². The number of rotatable bonds is 5. The van der Waals surface area contributed by atoms with Gasteiger partial charge in [0.05, 0.1) is 12.6 Å². The molecule has 0 saturated carbocycles. The number of para-hydroxylation sites is 1.